The minimum absolute atomic E-state index is 0. The monoisotopic (exact) mass is 389 g/mol. The third kappa shape index (κ3) is 12.1. The van der Waals surface area contributed by atoms with Crippen LogP contribution < -0.4 is 4.89 Å². The van der Waals surface area contributed by atoms with E-state index in [1.54, 1.807) is 0 Å². The summed E-state index contributed by atoms with van der Waals surface area (Å²) in [5.41, 5.74) is -2.87. The molecule has 0 aromatic carbocycles. The summed E-state index contributed by atoms with van der Waals surface area (Å²) in [6, 6.07) is 0. The van der Waals surface area contributed by atoms with E-state index in [4.69, 9.17) is 16.3 Å². The van der Waals surface area contributed by atoms with Gasteiger partial charge in [0, 0.05) is 30.9 Å². The van der Waals surface area contributed by atoms with Gasteiger partial charge in [0.25, 0.3) is 0 Å². The summed E-state index contributed by atoms with van der Waals surface area (Å²) in [6.45, 7) is 9.25. The molecule has 0 spiro atoms. The van der Waals surface area contributed by atoms with E-state index < -0.39 is 5.69 Å². The largest absolute Gasteiger partial charge is 0.793 e. The van der Waals surface area contributed by atoms with E-state index in [1.165, 1.54) is 24.2 Å². The van der Waals surface area contributed by atoms with Crippen LogP contribution in [0.3, 0.4) is 0 Å². The van der Waals surface area contributed by atoms with Crippen molar-refractivity contribution in [2.75, 3.05) is 12.4 Å². The van der Waals surface area contributed by atoms with Crippen molar-refractivity contribution in [3.63, 3.8) is 0 Å². The first kappa shape index (κ1) is 23.8. The Morgan fingerprint density at radius 3 is 2.00 bits per heavy atom. The van der Waals surface area contributed by atoms with Gasteiger partial charge in [-0.1, -0.05) is 65.2 Å². The van der Waals surface area contributed by atoms with Crippen molar-refractivity contribution in [1.82, 2.24) is 0 Å². The van der Waals surface area contributed by atoms with Crippen molar-refractivity contribution in [2.24, 2.45) is 11.8 Å². The molecule has 0 aromatic heterocycles. The van der Waals surface area contributed by atoms with Gasteiger partial charge in [0.05, 0.1) is 6.61 Å². The molecule has 0 N–H and O–H groups in total. The van der Waals surface area contributed by atoms with E-state index >= 15 is 0 Å². The second kappa shape index (κ2) is 14.2. The summed E-state index contributed by atoms with van der Waals surface area (Å²) < 4.78 is 5.54. The van der Waals surface area contributed by atoms with Crippen LogP contribution in [-0.4, -0.2) is 12.4 Å². The summed E-state index contributed by atoms with van der Waals surface area (Å²) in [5.74, 6) is 1.99. The Hall–Kier alpha value is 1.54. The molecule has 0 bridgehead atoms. The Bertz CT molecular complexity index is 246. The fourth-order valence-corrected chi connectivity index (χ4v) is 5.64. The van der Waals surface area contributed by atoms with Gasteiger partial charge in [-0.25, -0.2) is 0 Å². The zero-order chi connectivity index (χ0) is 14.7. The van der Waals surface area contributed by atoms with Crippen molar-refractivity contribution >= 4 is 28.9 Å². The molecule has 0 aliphatic carbocycles. The van der Waals surface area contributed by atoms with Crippen molar-refractivity contribution in [2.45, 2.75) is 66.2 Å². The van der Waals surface area contributed by atoms with E-state index in [1.807, 2.05) is 0 Å². The SMILES string of the molecule is CCCC(CC)COP([O-])(=S)SCC(CC)CCC.[Zn]. The van der Waals surface area contributed by atoms with Gasteiger partial charge >= 0.3 is 0 Å². The molecular weight excluding hydrogens is 361 g/mol. The Morgan fingerprint density at radius 2 is 1.55 bits per heavy atom. The molecule has 0 aliphatic heterocycles. The Kier molecular flexibility index (Phi) is 16.8. The number of hydrogen-bond donors (Lipinski definition) is 0. The van der Waals surface area contributed by atoms with Gasteiger partial charge in [-0.3, -0.25) is 0 Å². The summed E-state index contributed by atoms with van der Waals surface area (Å²) in [4.78, 5) is 12.2. The summed E-state index contributed by atoms with van der Waals surface area (Å²) in [6.07, 6.45) is 6.84. The topological polar surface area (TPSA) is 32.3 Å². The molecule has 20 heavy (non-hydrogen) atoms. The van der Waals surface area contributed by atoms with Crippen LogP contribution in [0.25, 0.3) is 0 Å². The van der Waals surface area contributed by atoms with Crippen molar-refractivity contribution in [1.29, 1.82) is 0 Å². The van der Waals surface area contributed by atoms with E-state index in [0.717, 1.165) is 31.4 Å². The molecule has 0 aliphatic rings. The number of rotatable bonds is 12. The first-order valence-electron chi connectivity index (χ1n) is 7.59. The van der Waals surface area contributed by atoms with Crippen molar-refractivity contribution in [3.8, 4) is 0 Å². The van der Waals surface area contributed by atoms with Crippen LogP contribution in [-0.2, 0) is 35.8 Å². The zero-order valence-electron chi connectivity index (χ0n) is 13.6. The third-order valence-corrected chi connectivity index (χ3v) is 7.86. The van der Waals surface area contributed by atoms with E-state index in [0.29, 0.717) is 18.4 Å². The maximum absolute atomic E-state index is 12.2. The second-order valence-corrected chi connectivity index (χ2v) is 11.3. The van der Waals surface area contributed by atoms with Gasteiger partial charge in [0.2, 0.25) is 0 Å². The molecule has 0 fully saturated rings. The maximum atomic E-state index is 12.2. The molecule has 0 rings (SSSR count). The normalized spacial score (nSPS) is 17.1. The van der Waals surface area contributed by atoms with Crippen LogP contribution >= 0.6 is 17.1 Å². The zero-order valence-corrected chi connectivity index (χ0v) is 19.1. The van der Waals surface area contributed by atoms with Gasteiger partial charge in [-0.05, 0) is 24.7 Å². The fraction of sp³-hybridized carbons (Fsp3) is 1.00. The molecule has 6 heteroatoms. The molecule has 0 saturated heterocycles. The standard InChI is InChI=1S/C14H31O2PS2.Zn/c1-5-9-13(7-3)11-16-17(15,18)19-12-14(8-4)10-6-2;/h13-14H,5-12H2,1-4H3,(H,15,18);/p-1. The van der Waals surface area contributed by atoms with Crippen molar-refractivity contribution < 1.29 is 28.9 Å². The molecule has 0 aromatic rings. The minimum atomic E-state index is -2.87. The minimum Gasteiger partial charge on any atom is -0.793 e. The Balaban J connectivity index is 0. The fourth-order valence-electron chi connectivity index (χ4n) is 2.06. The average molecular weight is 391 g/mol. The molecular formula is C14H30O2PS2Zn-. The molecule has 118 valence electrons. The summed E-state index contributed by atoms with van der Waals surface area (Å²) >= 11 is 6.51. The molecule has 3 unspecified atom stereocenters. The summed E-state index contributed by atoms with van der Waals surface area (Å²) in [5, 5.41) is 0. The molecule has 3 atom stereocenters. The summed E-state index contributed by atoms with van der Waals surface area (Å²) in [7, 11) is 0. The maximum Gasteiger partial charge on any atom is 0.0541 e. The number of hydrogen-bond acceptors (Lipinski definition) is 4. The average Bonchev–Trinajstić information content (AvgIpc) is 2.39. The molecule has 0 saturated carbocycles. The van der Waals surface area contributed by atoms with Crippen LogP contribution in [0.15, 0.2) is 0 Å². The Morgan fingerprint density at radius 1 is 1.05 bits per heavy atom. The van der Waals surface area contributed by atoms with Gasteiger partial charge < -0.3 is 9.42 Å². The first-order chi connectivity index (χ1) is 8.99. The predicted octanol–water partition coefficient (Wildman–Crippen LogP) is 4.97. The predicted molar refractivity (Wildman–Crippen MR) is 90.1 cm³/mol. The van der Waals surface area contributed by atoms with Gasteiger partial charge in [0.1, 0.15) is 0 Å². The van der Waals surface area contributed by atoms with E-state index in [2.05, 4.69) is 27.7 Å². The second-order valence-electron chi connectivity index (χ2n) is 5.16. The van der Waals surface area contributed by atoms with Crippen LogP contribution in [0.5, 0.6) is 0 Å². The van der Waals surface area contributed by atoms with Crippen LogP contribution in [0.4, 0.5) is 0 Å². The quantitative estimate of drug-likeness (QED) is 0.348. The van der Waals surface area contributed by atoms with Crippen LogP contribution in [0.2, 0.25) is 0 Å². The van der Waals surface area contributed by atoms with E-state index in [-0.39, 0.29) is 19.5 Å². The van der Waals surface area contributed by atoms with Crippen LogP contribution in [0.1, 0.15) is 66.2 Å². The molecule has 0 radical (unpaired) electrons. The Labute approximate surface area is 147 Å². The molecule has 2 nitrogen and oxygen atoms in total. The van der Waals surface area contributed by atoms with Gasteiger partial charge in [-0.2, -0.15) is 0 Å². The van der Waals surface area contributed by atoms with Crippen molar-refractivity contribution in [3.05, 3.63) is 0 Å². The smallest absolute Gasteiger partial charge is 0.0541 e. The van der Waals surface area contributed by atoms with Crippen LogP contribution in [0, 0.1) is 11.8 Å². The first-order valence-corrected chi connectivity index (χ1v) is 11.8. The molecule has 0 heterocycles. The third-order valence-electron chi connectivity index (χ3n) is 3.49. The van der Waals surface area contributed by atoms with Gasteiger partial charge in [-0.15, -0.1) is 11.4 Å². The molecule has 0 amide bonds. The van der Waals surface area contributed by atoms with Gasteiger partial charge in [0.15, 0.2) is 0 Å². The van der Waals surface area contributed by atoms with E-state index in [9.17, 15) is 4.89 Å².